The van der Waals surface area contributed by atoms with Crippen LogP contribution in [-0.2, 0) is 0 Å². The quantitative estimate of drug-likeness (QED) is 0.420. The maximum Gasteiger partial charge on any atom is 0.172 e. The van der Waals surface area contributed by atoms with E-state index in [2.05, 4.69) is 0 Å². The van der Waals surface area contributed by atoms with Crippen molar-refractivity contribution in [2.45, 2.75) is 8.22 Å². The molecule has 2 nitrogen and oxygen atoms in total. The molecule has 0 aliphatic carbocycles. The second-order valence-corrected chi connectivity index (χ2v) is 5.82. The second kappa shape index (κ2) is 3.39. The molecule has 38 valence electrons. The van der Waals surface area contributed by atoms with E-state index in [1.54, 1.807) is 0 Å². The summed E-state index contributed by atoms with van der Waals surface area (Å²) in [6, 6.07) is 0. The van der Waals surface area contributed by atoms with Crippen LogP contribution in [0.25, 0.3) is 0 Å². The van der Waals surface area contributed by atoms with Crippen LogP contribution >= 0.6 is 45.2 Å². The molecule has 0 saturated carbocycles. The second-order valence-electron chi connectivity index (χ2n) is 0.748. The van der Waals surface area contributed by atoms with Crippen LogP contribution in [0.1, 0.15) is 0 Å². The zero-order valence-electron chi connectivity index (χ0n) is 2.81. The van der Waals surface area contributed by atoms with Gasteiger partial charge in [-0.25, -0.2) is 0 Å². The van der Waals surface area contributed by atoms with Gasteiger partial charge < -0.3 is 10.2 Å². The Kier molecular flexibility index (Phi) is 4.17. The van der Waals surface area contributed by atoms with Gasteiger partial charge in [-0.15, -0.1) is 0 Å². The maximum absolute atomic E-state index is 8.17. The Balaban J connectivity index is 2.99. The summed E-state index contributed by atoms with van der Waals surface area (Å²) in [5.41, 5.74) is 0. The number of halogens is 2. The molecule has 0 unspecified atom stereocenters. The monoisotopic (exact) mass is 314 g/mol. The van der Waals surface area contributed by atoms with Gasteiger partial charge >= 0.3 is 0 Å². The molecule has 4 heteroatoms. The molecule has 0 aromatic heterocycles. The summed E-state index contributed by atoms with van der Waals surface area (Å²) in [5.74, 6) is 0. The lowest BCUT2D eigenvalue weighted by Gasteiger charge is -1.99. The van der Waals surface area contributed by atoms with Crippen LogP contribution in [0.2, 0.25) is 0 Å². The molecule has 0 spiro atoms. The number of hydrogen-bond acceptors (Lipinski definition) is 2. The Hall–Kier alpha value is 1.38. The zero-order valence-corrected chi connectivity index (χ0v) is 7.12. The first kappa shape index (κ1) is 7.38. The topological polar surface area (TPSA) is 40.5 Å². The maximum atomic E-state index is 8.17. The highest BCUT2D eigenvalue weighted by molar-refractivity contribution is 14.2. The fraction of sp³-hybridized carbons (Fsp3) is 1.00. The predicted molar refractivity (Wildman–Crippen MR) is 40.1 cm³/mol. The van der Waals surface area contributed by atoms with Crippen molar-refractivity contribution in [3.63, 3.8) is 0 Å². The number of aliphatic hydroxyl groups is 2. The fourth-order valence-electron chi connectivity index (χ4n) is 0. The van der Waals surface area contributed by atoms with E-state index in [9.17, 15) is 0 Å². The van der Waals surface area contributed by atoms with Crippen molar-refractivity contribution >= 4 is 45.2 Å². The van der Waals surface area contributed by atoms with Crippen molar-refractivity contribution in [1.29, 1.82) is 0 Å². The highest BCUT2D eigenvalue weighted by Crippen LogP contribution is 2.11. The third kappa shape index (κ3) is 3.57. The third-order valence-corrected chi connectivity index (χ3v) is 1.51. The molecule has 0 bridgehead atoms. The third-order valence-electron chi connectivity index (χ3n) is 0.225. The SMILES string of the molecule is OC(O)C(I)I. The number of aliphatic hydroxyl groups excluding tert-OH is 1. The van der Waals surface area contributed by atoms with Gasteiger partial charge in [-0.2, -0.15) is 0 Å². The summed E-state index contributed by atoms with van der Waals surface area (Å²) in [6.07, 6.45) is -1.17. The molecule has 0 aromatic carbocycles. The molecule has 0 saturated heterocycles. The fourth-order valence-corrected chi connectivity index (χ4v) is 0. The van der Waals surface area contributed by atoms with Gasteiger partial charge in [-0.05, 0) is 0 Å². The van der Waals surface area contributed by atoms with Gasteiger partial charge in [0.25, 0.3) is 0 Å². The van der Waals surface area contributed by atoms with Crippen molar-refractivity contribution in [3.05, 3.63) is 0 Å². The van der Waals surface area contributed by atoms with E-state index < -0.39 is 6.29 Å². The van der Waals surface area contributed by atoms with Crippen LogP contribution in [0.3, 0.4) is 0 Å². The van der Waals surface area contributed by atoms with Gasteiger partial charge in [-0.3, -0.25) is 0 Å². The molecular weight excluding hydrogens is 310 g/mol. The smallest absolute Gasteiger partial charge is 0.172 e. The van der Waals surface area contributed by atoms with Crippen molar-refractivity contribution < 1.29 is 10.2 Å². The molecule has 0 aliphatic heterocycles. The van der Waals surface area contributed by atoms with Gasteiger partial charge in [-0.1, -0.05) is 45.2 Å². The van der Waals surface area contributed by atoms with E-state index in [-0.39, 0.29) is 1.93 Å². The highest BCUT2D eigenvalue weighted by atomic mass is 127. The minimum absolute atomic E-state index is 0.0970. The Labute approximate surface area is 63.2 Å². The lowest BCUT2D eigenvalue weighted by molar-refractivity contribution is -0.0195. The first-order valence-electron chi connectivity index (χ1n) is 1.29. The number of alkyl halides is 2. The molecule has 2 N–H and O–H groups in total. The van der Waals surface area contributed by atoms with Crippen molar-refractivity contribution in [3.8, 4) is 0 Å². The molecule has 6 heavy (non-hydrogen) atoms. The molecule has 0 fully saturated rings. The Bertz CT molecular complexity index is 30.5. The molecular formula is C2H4I2O2. The standard InChI is InChI=1S/C2H4I2O2/c3-1(4)2(5)6/h1-2,5-6H. The summed E-state index contributed by atoms with van der Waals surface area (Å²) >= 11 is 3.84. The molecule has 0 heterocycles. The van der Waals surface area contributed by atoms with E-state index in [1.165, 1.54) is 0 Å². The van der Waals surface area contributed by atoms with Crippen LogP contribution in [-0.4, -0.2) is 18.4 Å². The van der Waals surface area contributed by atoms with Gasteiger partial charge in [0.1, 0.15) is 1.93 Å². The van der Waals surface area contributed by atoms with Crippen LogP contribution in [0.15, 0.2) is 0 Å². The first-order valence-corrected chi connectivity index (χ1v) is 3.78. The van der Waals surface area contributed by atoms with Crippen molar-refractivity contribution in [1.82, 2.24) is 0 Å². The first-order chi connectivity index (χ1) is 2.64. The summed E-state index contributed by atoms with van der Waals surface area (Å²) in [5, 5.41) is 16.3. The van der Waals surface area contributed by atoms with E-state index >= 15 is 0 Å². The van der Waals surface area contributed by atoms with Crippen LogP contribution in [0, 0.1) is 0 Å². The van der Waals surface area contributed by atoms with Gasteiger partial charge in [0.05, 0.1) is 0 Å². The van der Waals surface area contributed by atoms with Gasteiger partial charge in [0.15, 0.2) is 6.29 Å². The molecule has 0 rings (SSSR count). The van der Waals surface area contributed by atoms with Crippen LogP contribution in [0.5, 0.6) is 0 Å². The molecule has 0 aliphatic rings. The van der Waals surface area contributed by atoms with Crippen LogP contribution in [0.4, 0.5) is 0 Å². The summed E-state index contributed by atoms with van der Waals surface area (Å²) in [7, 11) is 0. The Morgan fingerprint density at radius 1 is 1.17 bits per heavy atom. The summed E-state index contributed by atoms with van der Waals surface area (Å²) in [6.45, 7) is 0. The largest absolute Gasteiger partial charge is 0.367 e. The lowest BCUT2D eigenvalue weighted by atomic mass is 10.8. The zero-order chi connectivity index (χ0) is 5.15. The number of rotatable bonds is 1. The molecule has 0 atom stereocenters. The molecule has 0 aromatic rings. The average molecular weight is 314 g/mol. The predicted octanol–water partition coefficient (Wildman–Crippen LogP) is 0.493. The van der Waals surface area contributed by atoms with Gasteiger partial charge in [0, 0.05) is 0 Å². The van der Waals surface area contributed by atoms with Gasteiger partial charge in [0.2, 0.25) is 0 Å². The molecule has 0 radical (unpaired) electrons. The van der Waals surface area contributed by atoms with E-state index in [1.807, 2.05) is 45.2 Å². The Morgan fingerprint density at radius 2 is 1.33 bits per heavy atom. The van der Waals surface area contributed by atoms with E-state index in [4.69, 9.17) is 10.2 Å². The minimum atomic E-state index is -1.17. The van der Waals surface area contributed by atoms with Crippen molar-refractivity contribution in [2.75, 3.05) is 0 Å². The summed E-state index contributed by atoms with van der Waals surface area (Å²) < 4.78 is -0.0970. The average Bonchev–Trinajstić information content (AvgIpc) is 1.36. The lowest BCUT2D eigenvalue weighted by Crippen LogP contribution is -2.11. The normalized spacial score (nSPS) is 11.0. The minimum Gasteiger partial charge on any atom is -0.367 e. The summed E-state index contributed by atoms with van der Waals surface area (Å²) in [4.78, 5) is 0. The van der Waals surface area contributed by atoms with E-state index in [0.717, 1.165) is 0 Å². The van der Waals surface area contributed by atoms with E-state index in [0.29, 0.717) is 0 Å². The van der Waals surface area contributed by atoms with Crippen LogP contribution < -0.4 is 0 Å². The molecule has 0 amide bonds. The highest BCUT2D eigenvalue weighted by Gasteiger charge is 2.04. The number of hydrogen-bond donors (Lipinski definition) is 2. The van der Waals surface area contributed by atoms with Crippen molar-refractivity contribution in [2.24, 2.45) is 0 Å². The Morgan fingerprint density at radius 3 is 1.33 bits per heavy atom.